The molecular weight excluding hydrogens is 220 g/mol. The van der Waals surface area contributed by atoms with Gasteiger partial charge in [0.2, 0.25) is 0 Å². The van der Waals surface area contributed by atoms with Crippen molar-refractivity contribution in [3.05, 3.63) is 24.3 Å². The van der Waals surface area contributed by atoms with Crippen molar-refractivity contribution in [3.8, 4) is 0 Å². The first-order chi connectivity index (χ1) is 8.47. The zero-order valence-electron chi connectivity index (χ0n) is 12.7. The minimum absolute atomic E-state index is 0.286. The summed E-state index contributed by atoms with van der Waals surface area (Å²) in [7, 11) is 0. The predicted octanol–water partition coefficient (Wildman–Crippen LogP) is 5.32. The fourth-order valence-electron chi connectivity index (χ4n) is 2.12. The Morgan fingerprint density at radius 3 is 2.33 bits per heavy atom. The number of allylic oxidation sites excluding steroid dienone is 3. The number of hydrogen-bond acceptors (Lipinski definition) is 1. The molecule has 104 valence electrons. The molecule has 0 aromatic carbocycles. The van der Waals surface area contributed by atoms with Crippen molar-refractivity contribution in [2.24, 2.45) is 11.8 Å². The second kappa shape index (κ2) is 10.1. The van der Waals surface area contributed by atoms with Crippen LogP contribution in [0.5, 0.6) is 0 Å². The second-order valence-corrected chi connectivity index (χ2v) is 5.73. The Balaban J connectivity index is 4.26. The Hall–Kier alpha value is -0.850. The third-order valence-electron chi connectivity index (χ3n) is 3.36. The zero-order chi connectivity index (χ0) is 14.0. The molecule has 0 aromatic rings. The van der Waals surface area contributed by atoms with E-state index < -0.39 is 0 Å². The van der Waals surface area contributed by atoms with Crippen LogP contribution in [-0.4, -0.2) is 5.78 Å². The Morgan fingerprint density at radius 1 is 1.17 bits per heavy atom. The highest BCUT2D eigenvalue weighted by Gasteiger charge is 2.09. The SMILES string of the molecule is C=CC/C=C(/CCC(C)=O)[C@H](C)CCCC(C)C. The molecule has 0 saturated heterocycles. The number of carbonyl (C=O) groups is 1. The van der Waals surface area contributed by atoms with E-state index in [0.717, 1.165) is 18.8 Å². The first kappa shape index (κ1) is 17.2. The van der Waals surface area contributed by atoms with E-state index in [-0.39, 0.29) is 5.78 Å². The highest BCUT2D eigenvalue weighted by atomic mass is 16.1. The van der Waals surface area contributed by atoms with Crippen LogP contribution in [0.25, 0.3) is 0 Å². The summed E-state index contributed by atoms with van der Waals surface area (Å²) in [6.45, 7) is 12.3. The van der Waals surface area contributed by atoms with Crippen molar-refractivity contribution in [2.75, 3.05) is 0 Å². The molecule has 0 rings (SSSR count). The molecule has 0 heterocycles. The van der Waals surface area contributed by atoms with Crippen molar-refractivity contribution in [2.45, 2.75) is 66.2 Å². The van der Waals surface area contributed by atoms with Crippen LogP contribution in [0.15, 0.2) is 24.3 Å². The van der Waals surface area contributed by atoms with Crippen molar-refractivity contribution < 1.29 is 4.79 Å². The van der Waals surface area contributed by atoms with E-state index in [1.165, 1.54) is 24.8 Å². The molecule has 0 saturated carbocycles. The van der Waals surface area contributed by atoms with Crippen LogP contribution in [0.3, 0.4) is 0 Å². The number of carbonyl (C=O) groups excluding carboxylic acids is 1. The Bertz CT molecular complexity index is 273. The Kier molecular flexibility index (Phi) is 9.63. The molecule has 1 atom stereocenters. The largest absolute Gasteiger partial charge is 0.300 e. The summed E-state index contributed by atoms with van der Waals surface area (Å²) < 4.78 is 0. The van der Waals surface area contributed by atoms with Gasteiger partial charge in [-0.25, -0.2) is 0 Å². The molecule has 0 aromatic heterocycles. The lowest BCUT2D eigenvalue weighted by atomic mass is 9.89. The first-order valence-corrected chi connectivity index (χ1v) is 7.26. The van der Waals surface area contributed by atoms with Crippen LogP contribution < -0.4 is 0 Å². The van der Waals surface area contributed by atoms with E-state index in [4.69, 9.17) is 0 Å². The molecule has 1 heteroatoms. The smallest absolute Gasteiger partial charge is 0.130 e. The molecular formula is C17H30O. The van der Waals surface area contributed by atoms with Gasteiger partial charge < -0.3 is 4.79 Å². The molecule has 0 radical (unpaired) electrons. The zero-order valence-corrected chi connectivity index (χ0v) is 12.7. The lowest BCUT2D eigenvalue weighted by molar-refractivity contribution is -0.117. The molecule has 0 amide bonds. The minimum atomic E-state index is 0.286. The second-order valence-electron chi connectivity index (χ2n) is 5.73. The van der Waals surface area contributed by atoms with Gasteiger partial charge in [-0.15, -0.1) is 6.58 Å². The van der Waals surface area contributed by atoms with Gasteiger partial charge in [0.15, 0.2) is 0 Å². The lowest BCUT2D eigenvalue weighted by Crippen LogP contribution is -2.03. The van der Waals surface area contributed by atoms with Gasteiger partial charge in [-0.05, 0) is 38.0 Å². The summed E-state index contributed by atoms with van der Waals surface area (Å²) in [5.41, 5.74) is 1.44. The fourth-order valence-corrected chi connectivity index (χ4v) is 2.12. The Morgan fingerprint density at radius 2 is 1.83 bits per heavy atom. The molecule has 0 aliphatic heterocycles. The monoisotopic (exact) mass is 250 g/mol. The summed E-state index contributed by atoms with van der Waals surface area (Å²) >= 11 is 0. The van der Waals surface area contributed by atoms with Crippen molar-refractivity contribution >= 4 is 5.78 Å². The van der Waals surface area contributed by atoms with Gasteiger partial charge in [-0.3, -0.25) is 0 Å². The summed E-state index contributed by atoms with van der Waals surface area (Å²) in [5.74, 6) is 1.67. The molecule has 1 nitrogen and oxygen atoms in total. The molecule has 0 aliphatic carbocycles. The van der Waals surface area contributed by atoms with E-state index in [9.17, 15) is 4.79 Å². The van der Waals surface area contributed by atoms with Crippen molar-refractivity contribution in [1.29, 1.82) is 0 Å². The number of Topliss-reactive ketones (excluding diaryl/α,β-unsaturated/α-hetero) is 1. The molecule has 0 aliphatic rings. The van der Waals surface area contributed by atoms with Gasteiger partial charge in [0.25, 0.3) is 0 Å². The van der Waals surface area contributed by atoms with Crippen LogP contribution in [0.1, 0.15) is 66.2 Å². The third-order valence-corrected chi connectivity index (χ3v) is 3.36. The van der Waals surface area contributed by atoms with Gasteiger partial charge in [0.05, 0.1) is 0 Å². The van der Waals surface area contributed by atoms with Crippen LogP contribution in [-0.2, 0) is 4.79 Å². The van der Waals surface area contributed by atoms with Crippen LogP contribution in [0.4, 0.5) is 0 Å². The minimum Gasteiger partial charge on any atom is -0.300 e. The molecule has 18 heavy (non-hydrogen) atoms. The average Bonchev–Trinajstić information content (AvgIpc) is 2.28. The lowest BCUT2D eigenvalue weighted by Gasteiger charge is -2.16. The van der Waals surface area contributed by atoms with E-state index in [1.807, 2.05) is 6.08 Å². The van der Waals surface area contributed by atoms with Gasteiger partial charge in [0.1, 0.15) is 5.78 Å². The highest BCUT2D eigenvalue weighted by Crippen LogP contribution is 2.23. The third kappa shape index (κ3) is 9.21. The maximum absolute atomic E-state index is 11.1. The highest BCUT2D eigenvalue weighted by molar-refractivity contribution is 5.75. The number of rotatable bonds is 10. The standard InChI is InChI=1S/C17H30O/c1-6-7-11-17(13-12-16(5)18)15(4)10-8-9-14(2)3/h6,11,14-15H,1,7-10,12-13H2,2-5H3/b17-11-/t15-/m1/s1. The van der Waals surface area contributed by atoms with Gasteiger partial charge in [-0.2, -0.15) is 0 Å². The summed E-state index contributed by atoms with van der Waals surface area (Å²) in [5, 5.41) is 0. The van der Waals surface area contributed by atoms with Crippen molar-refractivity contribution in [1.82, 2.24) is 0 Å². The molecule has 0 bridgehead atoms. The van der Waals surface area contributed by atoms with E-state index >= 15 is 0 Å². The van der Waals surface area contributed by atoms with E-state index in [0.29, 0.717) is 12.3 Å². The normalized spacial score (nSPS) is 13.7. The first-order valence-electron chi connectivity index (χ1n) is 7.26. The van der Waals surface area contributed by atoms with Crippen LogP contribution >= 0.6 is 0 Å². The average molecular weight is 250 g/mol. The Labute approximate surface area is 113 Å². The maximum Gasteiger partial charge on any atom is 0.130 e. The van der Waals surface area contributed by atoms with E-state index in [2.05, 4.69) is 33.4 Å². The van der Waals surface area contributed by atoms with Gasteiger partial charge in [-0.1, -0.05) is 51.3 Å². The number of ketones is 1. The summed E-state index contributed by atoms with van der Waals surface area (Å²) in [6.07, 6.45) is 10.5. The molecule has 0 fully saturated rings. The van der Waals surface area contributed by atoms with Gasteiger partial charge in [0, 0.05) is 6.42 Å². The quantitative estimate of drug-likeness (QED) is 0.479. The topological polar surface area (TPSA) is 17.1 Å². The predicted molar refractivity (Wildman–Crippen MR) is 80.7 cm³/mol. The van der Waals surface area contributed by atoms with Gasteiger partial charge >= 0.3 is 0 Å². The van der Waals surface area contributed by atoms with Crippen molar-refractivity contribution in [3.63, 3.8) is 0 Å². The molecule has 0 spiro atoms. The summed E-state index contributed by atoms with van der Waals surface area (Å²) in [6, 6.07) is 0. The maximum atomic E-state index is 11.1. The molecule has 0 unspecified atom stereocenters. The van der Waals surface area contributed by atoms with E-state index in [1.54, 1.807) is 6.92 Å². The number of hydrogen-bond donors (Lipinski definition) is 0. The van der Waals surface area contributed by atoms with Crippen LogP contribution in [0.2, 0.25) is 0 Å². The molecule has 0 N–H and O–H groups in total. The summed E-state index contributed by atoms with van der Waals surface area (Å²) in [4.78, 5) is 11.1. The fraction of sp³-hybridized carbons (Fsp3) is 0.706. The van der Waals surface area contributed by atoms with Crippen LogP contribution in [0, 0.1) is 11.8 Å².